The Morgan fingerprint density at radius 2 is 1.62 bits per heavy atom. The maximum atomic E-state index is 13.1. The molecule has 0 amide bonds. The molecular formula is C20H17F6N7O. The van der Waals surface area contributed by atoms with Gasteiger partial charge in [-0.05, 0) is 24.3 Å². The smallest absolute Gasteiger partial charge is 0.379 e. The zero-order chi connectivity index (χ0) is 24.5. The standard InChI is InChI=1S/C20H17F6N7O/c1-10-8-34-9-13(10)30-18-32-16(12-3-2-4-14(29-12)19(21,22)23)31-17(33-18)28-11-5-6-27-15(7-11)20(24,25)26/h2-7,10,13H,8-9H2,1H3,(H2,27,28,30,31,32,33). The van der Waals surface area contributed by atoms with Gasteiger partial charge in [0.2, 0.25) is 11.9 Å². The van der Waals surface area contributed by atoms with Crippen molar-refractivity contribution in [3.63, 3.8) is 0 Å². The van der Waals surface area contributed by atoms with Gasteiger partial charge in [-0.3, -0.25) is 4.98 Å². The Morgan fingerprint density at radius 1 is 0.882 bits per heavy atom. The molecule has 1 aliphatic rings. The lowest BCUT2D eigenvalue weighted by atomic mass is 10.1. The zero-order valence-electron chi connectivity index (χ0n) is 17.4. The van der Waals surface area contributed by atoms with Gasteiger partial charge >= 0.3 is 12.4 Å². The number of alkyl halides is 6. The molecule has 1 aliphatic heterocycles. The van der Waals surface area contributed by atoms with E-state index in [1.807, 2.05) is 6.92 Å². The van der Waals surface area contributed by atoms with Crippen LogP contribution in [0.3, 0.4) is 0 Å². The number of aromatic nitrogens is 5. The summed E-state index contributed by atoms with van der Waals surface area (Å²) in [7, 11) is 0. The van der Waals surface area contributed by atoms with E-state index in [4.69, 9.17) is 4.74 Å². The second-order valence-electron chi connectivity index (χ2n) is 7.53. The van der Waals surface area contributed by atoms with Crippen LogP contribution < -0.4 is 10.6 Å². The van der Waals surface area contributed by atoms with E-state index in [0.717, 1.165) is 24.4 Å². The first-order valence-electron chi connectivity index (χ1n) is 9.94. The predicted molar refractivity (Wildman–Crippen MR) is 108 cm³/mol. The normalized spacial score (nSPS) is 18.7. The van der Waals surface area contributed by atoms with E-state index in [-0.39, 0.29) is 41.1 Å². The molecule has 2 N–H and O–H groups in total. The van der Waals surface area contributed by atoms with Crippen LogP contribution in [0.15, 0.2) is 36.5 Å². The van der Waals surface area contributed by atoms with Crippen LogP contribution >= 0.6 is 0 Å². The molecule has 3 aromatic heterocycles. The average Bonchev–Trinajstić information content (AvgIpc) is 3.17. The average molecular weight is 485 g/mol. The first-order valence-corrected chi connectivity index (χ1v) is 9.94. The lowest BCUT2D eigenvalue weighted by molar-refractivity contribution is -0.141. The Morgan fingerprint density at radius 3 is 2.29 bits per heavy atom. The van der Waals surface area contributed by atoms with Gasteiger partial charge in [0, 0.05) is 17.8 Å². The van der Waals surface area contributed by atoms with Crippen LogP contribution in [0.5, 0.6) is 0 Å². The number of hydrogen-bond donors (Lipinski definition) is 2. The SMILES string of the molecule is CC1COCC1Nc1nc(Nc2ccnc(C(F)(F)F)c2)nc(-c2cccc(C(F)(F)F)n2)n1. The molecule has 0 radical (unpaired) electrons. The fourth-order valence-corrected chi connectivity index (χ4v) is 3.13. The Hall–Kier alpha value is -3.55. The summed E-state index contributed by atoms with van der Waals surface area (Å²) in [5, 5.41) is 5.66. The van der Waals surface area contributed by atoms with Crippen molar-refractivity contribution in [1.82, 2.24) is 24.9 Å². The number of halogens is 6. The van der Waals surface area contributed by atoms with Crippen LogP contribution in [-0.2, 0) is 17.1 Å². The second-order valence-corrected chi connectivity index (χ2v) is 7.53. The largest absolute Gasteiger partial charge is 0.433 e. The van der Waals surface area contributed by atoms with Crippen molar-refractivity contribution in [1.29, 1.82) is 0 Å². The molecule has 0 spiro atoms. The van der Waals surface area contributed by atoms with E-state index in [9.17, 15) is 26.3 Å². The third-order valence-corrected chi connectivity index (χ3v) is 4.89. The van der Waals surface area contributed by atoms with Crippen molar-refractivity contribution < 1.29 is 31.1 Å². The van der Waals surface area contributed by atoms with E-state index in [1.54, 1.807) is 0 Å². The van der Waals surface area contributed by atoms with Gasteiger partial charge in [0.15, 0.2) is 5.82 Å². The molecule has 1 fully saturated rings. The molecule has 180 valence electrons. The summed E-state index contributed by atoms with van der Waals surface area (Å²) >= 11 is 0. The maximum Gasteiger partial charge on any atom is 0.433 e. The van der Waals surface area contributed by atoms with Gasteiger partial charge in [-0.25, -0.2) is 4.98 Å². The summed E-state index contributed by atoms with van der Waals surface area (Å²) in [4.78, 5) is 19.3. The number of nitrogens with zero attached hydrogens (tertiary/aromatic N) is 5. The first-order chi connectivity index (χ1) is 16.0. The fraction of sp³-hybridized carbons (Fsp3) is 0.350. The topological polar surface area (TPSA) is 97.7 Å². The summed E-state index contributed by atoms with van der Waals surface area (Å²) in [6.07, 6.45) is -8.40. The highest BCUT2D eigenvalue weighted by molar-refractivity contribution is 5.59. The number of nitrogens with one attached hydrogen (secondary N) is 2. The Labute approximate surface area is 188 Å². The van der Waals surface area contributed by atoms with E-state index >= 15 is 0 Å². The minimum absolute atomic E-state index is 0.000775. The predicted octanol–water partition coefficient (Wildman–Crippen LogP) is 4.56. The zero-order valence-corrected chi connectivity index (χ0v) is 17.4. The molecule has 4 rings (SSSR count). The Bertz CT molecular complexity index is 1170. The van der Waals surface area contributed by atoms with Crippen molar-refractivity contribution in [3.8, 4) is 11.5 Å². The van der Waals surface area contributed by atoms with Crippen LogP contribution in [-0.4, -0.2) is 44.2 Å². The summed E-state index contributed by atoms with van der Waals surface area (Å²) < 4.78 is 83.8. The van der Waals surface area contributed by atoms with E-state index in [2.05, 4.69) is 35.6 Å². The van der Waals surface area contributed by atoms with Gasteiger partial charge in [-0.15, -0.1) is 0 Å². The molecule has 0 saturated carbocycles. The molecule has 2 unspecified atom stereocenters. The van der Waals surface area contributed by atoms with Crippen molar-refractivity contribution in [2.24, 2.45) is 5.92 Å². The van der Waals surface area contributed by atoms with Crippen LogP contribution in [0.1, 0.15) is 18.3 Å². The van der Waals surface area contributed by atoms with Crippen molar-refractivity contribution in [3.05, 3.63) is 47.9 Å². The van der Waals surface area contributed by atoms with Gasteiger partial charge < -0.3 is 15.4 Å². The highest BCUT2D eigenvalue weighted by atomic mass is 19.4. The monoisotopic (exact) mass is 485 g/mol. The molecule has 2 atom stereocenters. The Kier molecular flexibility index (Phi) is 6.25. The summed E-state index contributed by atoms with van der Waals surface area (Å²) in [6, 6.07) is 5.08. The highest BCUT2D eigenvalue weighted by Gasteiger charge is 2.34. The Balaban J connectivity index is 1.72. The van der Waals surface area contributed by atoms with Crippen LogP contribution in [0.25, 0.3) is 11.5 Å². The summed E-state index contributed by atoms with van der Waals surface area (Å²) in [5.74, 6) is -0.308. The van der Waals surface area contributed by atoms with Crippen molar-refractivity contribution in [2.45, 2.75) is 25.3 Å². The van der Waals surface area contributed by atoms with Crippen LogP contribution in [0, 0.1) is 5.92 Å². The first kappa shape index (κ1) is 23.6. The third-order valence-electron chi connectivity index (χ3n) is 4.89. The van der Waals surface area contributed by atoms with Gasteiger partial charge in [0.05, 0.1) is 19.3 Å². The lowest BCUT2D eigenvalue weighted by Gasteiger charge is -2.17. The van der Waals surface area contributed by atoms with Gasteiger partial charge in [-0.2, -0.15) is 41.3 Å². The summed E-state index contributed by atoms with van der Waals surface area (Å²) in [5.41, 5.74) is -2.50. The number of pyridine rings is 2. The molecule has 14 heteroatoms. The molecule has 8 nitrogen and oxygen atoms in total. The van der Waals surface area contributed by atoms with Gasteiger partial charge in [0.1, 0.15) is 17.1 Å². The molecule has 34 heavy (non-hydrogen) atoms. The highest BCUT2D eigenvalue weighted by Crippen LogP contribution is 2.31. The molecule has 0 aromatic carbocycles. The molecule has 3 aromatic rings. The van der Waals surface area contributed by atoms with Gasteiger partial charge in [-0.1, -0.05) is 13.0 Å². The van der Waals surface area contributed by atoms with Crippen molar-refractivity contribution >= 4 is 17.6 Å². The molecule has 4 heterocycles. The lowest BCUT2D eigenvalue weighted by Crippen LogP contribution is -2.27. The minimum atomic E-state index is -4.69. The van der Waals surface area contributed by atoms with Crippen LogP contribution in [0.2, 0.25) is 0 Å². The van der Waals surface area contributed by atoms with Crippen LogP contribution in [0.4, 0.5) is 43.9 Å². The number of rotatable bonds is 5. The number of anilines is 3. The fourth-order valence-electron chi connectivity index (χ4n) is 3.13. The van der Waals surface area contributed by atoms with E-state index in [1.165, 1.54) is 12.1 Å². The summed E-state index contributed by atoms with van der Waals surface area (Å²) in [6.45, 7) is 2.77. The number of ether oxygens (including phenoxy) is 1. The minimum Gasteiger partial charge on any atom is -0.379 e. The molecule has 1 saturated heterocycles. The van der Waals surface area contributed by atoms with E-state index in [0.29, 0.717) is 13.2 Å². The molecular weight excluding hydrogens is 468 g/mol. The number of hydrogen-bond acceptors (Lipinski definition) is 8. The maximum absolute atomic E-state index is 13.1. The van der Waals surface area contributed by atoms with Gasteiger partial charge in [0.25, 0.3) is 0 Å². The van der Waals surface area contributed by atoms with Crippen molar-refractivity contribution in [2.75, 3.05) is 23.8 Å². The molecule has 0 bridgehead atoms. The third kappa shape index (κ3) is 5.50. The second kappa shape index (κ2) is 9.00. The van der Waals surface area contributed by atoms with E-state index < -0.39 is 23.7 Å². The molecule has 0 aliphatic carbocycles. The quantitative estimate of drug-likeness (QED) is 0.508.